The normalized spacial score (nSPS) is 49.7. The molecule has 0 atom stereocenters. The molecule has 0 heteroatoms. The Balaban J connectivity index is 1.42. The first-order chi connectivity index (χ1) is 13.1. The van der Waals surface area contributed by atoms with E-state index in [0.717, 1.165) is 53.3 Å². The number of hydrogen-bond donors (Lipinski definition) is 0. The first-order valence-electron chi connectivity index (χ1n) is 13.1. The average Bonchev–Trinajstić information content (AvgIpc) is 2.69. The van der Waals surface area contributed by atoms with Crippen LogP contribution >= 0.6 is 0 Å². The van der Waals surface area contributed by atoms with Gasteiger partial charge in [-0.15, -0.1) is 0 Å². The molecule has 0 unspecified atom stereocenters. The van der Waals surface area contributed by atoms with Crippen molar-refractivity contribution in [2.75, 3.05) is 0 Å². The summed E-state index contributed by atoms with van der Waals surface area (Å²) in [5.74, 6) is 9.60. The van der Waals surface area contributed by atoms with Crippen LogP contribution in [0.25, 0.3) is 0 Å². The van der Waals surface area contributed by atoms with Crippen LogP contribution in [-0.4, -0.2) is 0 Å². The van der Waals surface area contributed by atoms with Crippen LogP contribution in [0.2, 0.25) is 0 Å². The van der Waals surface area contributed by atoms with Crippen LogP contribution in [0.5, 0.6) is 0 Å². The Morgan fingerprint density at radius 1 is 0.296 bits per heavy atom. The third-order valence-corrected chi connectivity index (χ3v) is 10.00. The molecular formula is C27H48. The van der Waals surface area contributed by atoms with Gasteiger partial charge < -0.3 is 0 Å². The molecule has 0 N–H and O–H groups in total. The molecule has 4 fully saturated rings. The SMILES string of the molecule is CC1CCC(C2CC(C3CCC(C)CC3)CC(C3CCC(C)CC3)C2)CC1. The molecule has 4 aliphatic carbocycles. The quantitative estimate of drug-likeness (QED) is 0.466. The zero-order valence-corrected chi connectivity index (χ0v) is 18.8. The van der Waals surface area contributed by atoms with E-state index in [1.54, 1.807) is 57.8 Å². The summed E-state index contributed by atoms with van der Waals surface area (Å²) in [6.45, 7) is 7.49. The molecule has 0 aromatic rings. The van der Waals surface area contributed by atoms with Crippen LogP contribution in [0.3, 0.4) is 0 Å². The van der Waals surface area contributed by atoms with E-state index in [0.29, 0.717) is 0 Å². The Bertz CT molecular complexity index is 356. The van der Waals surface area contributed by atoms with Crippen molar-refractivity contribution in [2.24, 2.45) is 53.3 Å². The van der Waals surface area contributed by atoms with Crippen LogP contribution in [0.15, 0.2) is 0 Å². The average molecular weight is 373 g/mol. The molecule has 0 bridgehead atoms. The highest BCUT2D eigenvalue weighted by Crippen LogP contribution is 2.51. The molecule has 0 spiro atoms. The van der Waals surface area contributed by atoms with Crippen molar-refractivity contribution >= 4 is 0 Å². The highest BCUT2D eigenvalue weighted by molar-refractivity contribution is 4.91. The molecule has 0 heterocycles. The molecule has 0 amide bonds. The third kappa shape index (κ3) is 5.14. The maximum absolute atomic E-state index is 2.50. The molecule has 0 aliphatic heterocycles. The number of rotatable bonds is 3. The van der Waals surface area contributed by atoms with Crippen molar-refractivity contribution in [1.29, 1.82) is 0 Å². The lowest BCUT2D eigenvalue weighted by molar-refractivity contribution is 0.0346. The van der Waals surface area contributed by atoms with Gasteiger partial charge in [-0.3, -0.25) is 0 Å². The maximum Gasteiger partial charge on any atom is -0.0380 e. The molecule has 0 radical (unpaired) electrons. The highest BCUT2D eigenvalue weighted by Gasteiger charge is 2.40. The Morgan fingerprint density at radius 2 is 0.519 bits per heavy atom. The van der Waals surface area contributed by atoms with Crippen molar-refractivity contribution < 1.29 is 0 Å². The molecule has 4 saturated carbocycles. The second-order valence-corrected chi connectivity index (χ2v) is 12.0. The van der Waals surface area contributed by atoms with E-state index in [1.165, 1.54) is 38.5 Å². The van der Waals surface area contributed by atoms with E-state index in [2.05, 4.69) is 20.8 Å². The Hall–Kier alpha value is 0. The minimum atomic E-state index is 1.01. The van der Waals surface area contributed by atoms with Gasteiger partial charge in [-0.1, -0.05) is 59.3 Å². The molecular weight excluding hydrogens is 324 g/mol. The number of hydrogen-bond acceptors (Lipinski definition) is 0. The van der Waals surface area contributed by atoms with Gasteiger partial charge in [-0.05, 0) is 111 Å². The molecule has 0 aromatic carbocycles. The fourth-order valence-corrected chi connectivity index (χ4v) is 7.88. The summed E-state index contributed by atoms with van der Waals surface area (Å²) in [7, 11) is 0. The fourth-order valence-electron chi connectivity index (χ4n) is 7.88. The van der Waals surface area contributed by atoms with Crippen LogP contribution in [0.1, 0.15) is 117 Å². The summed E-state index contributed by atoms with van der Waals surface area (Å²) in [6, 6.07) is 0. The molecule has 0 aromatic heterocycles. The summed E-state index contributed by atoms with van der Waals surface area (Å²) in [5.41, 5.74) is 0. The summed E-state index contributed by atoms with van der Waals surface area (Å²) in [4.78, 5) is 0. The van der Waals surface area contributed by atoms with Crippen LogP contribution in [-0.2, 0) is 0 Å². The van der Waals surface area contributed by atoms with E-state index in [9.17, 15) is 0 Å². The lowest BCUT2D eigenvalue weighted by Gasteiger charge is -2.47. The Morgan fingerprint density at radius 3 is 0.741 bits per heavy atom. The lowest BCUT2D eigenvalue weighted by atomic mass is 9.58. The maximum atomic E-state index is 2.50. The molecule has 156 valence electrons. The van der Waals surface area contributed by atoms with Gasteiger partial charge in [0.2, 0.25) is 0 Å². The Labute approximate surface area is 170 Å². The van der Waals surface area contributed by atoms with E-state index < -0.39 is 0 Å². The molecule has 4 aliphatic rings. The lowest BCUT2D eigenvalue weighted by Crippen LogP contribution is -2.37. The van der Waals surface area contributed by atoms with Crippen molar-refractivity contribution in [3.8, 4) is 0 Å². The van der Waals surface area contributed by atoms with E-state index in [4.69, 9.17) is 0 Å². The standard InChI is InChI=1S/C27H48/c1-19-4-10-22(11-5-19)25-16-26(23-12-6-20(2)7-13-23)18-27(17-25)24-14-8-21(3)9-15-24/h19-27H,4-18H2,1-3H3. The monoisotopic (exact) mass is 372 g/mol. The molecule has 0 nitrogen and oxygen atoms in total. The fraction of sp³-hybridized carbons (Fsp3) is 1.00. The summed E-state index contributed by atoms with van der Waals surface area (Å²) < 4.78 is 0. The zero-order chi connectivity index (χ0) is 18.8. The minimum Gasteiger partial charge on any atom is -0.0625 e. The topological polar surface area (TPSA) is 0 Å². The second kappa shape index (κ2) is 9.21. The highest BCUT2D eigenvalue weighted by atomic mass is 14.5. The van der Waals surface area contributed by atoms with Gasteiger partial charge in [-0.2, -0.15) is 0 Å². The smallest absolute Gasteiger partial charge is 0.0380 e. The first kappa shape index (κ1) is 20.3. The largest absolute Gasteiger partial charge is 0.0625 e. The van der Waals surface area contributed by atoms with Gasteiger partial charge in [0.25, 0.3) is 0 Å². The van der Waals surface area contributed by atoms with Gasteiger partial charge in [0.05, 0.1) is 0 Å². The second-order valence-electron chi connectivity index (χ2n) is 12.0. The zero-order valence-electron chi connectivity index (χ0n) is 18.8. The van der Waals surface area contributed by atoms with E-state index >= 15 is 0 Å². The van der Waals surface area contributed by atoms with Crippen molar-refractivity contribution in [1.82, 2.24) is 0 Å². The predicted molar refractivity (Wildman–Crippen MR) is 118 cm³/mol. The van der Waals surface area contributed by atoms with E-state index in [-0.39, 0.29) is 0 Å². The molecule has 27 heavy (non-hydrogen) atoms. The van der Waals surface area contributed by atoms with Gasteiger partial charge in [-0.25, -0.2) is 0 Å². The predicted octanol–water partition coefficient (Wildman–Crippen LogP) is 8.50. The van der Waals surface area contributed by atoms with E-state index in [1.807, 2.05) is 0 Å². The third-order valence-electron chi connectivity index (χ3n) is 10.00. The van der Waals surface area contributed by atoms with Gasteiger partial charge in [0.1, 0.15) is 0 Å². The van der Waals surface area contributed by atoms with Crippen LogP contribution < -0.4 is 0 Å². The van der Waals surface area contributed by atoms with Crippen molar-refractivity contribution in [2.45, 2.75) is 117 Å². The van der Waals surface area contributed by atoms with Gasteiger partial charge in [0.15, 0.2) is 0 Å². The van der Waals surface area contributed by atoms with Crippen LogP contribution in [0.4, 0.5) is 0 Å². The minimum absolute atomic E-state index is 1.01. The van der Waals surface area contributed by atoms with Gasteiger partial charge in [0, 0.05) is 0 Å². The first-order valence-corrected chi connectivity index (χ1v) is 13.1. The molecule has 4 rings (SSSR count). The van der Waals surface area contributed by atoms with Crippen molar-refractivity contribution in [3.05, 3.63) is 0 Å². The van der Waals surface area contributed by atoms with Crippen molar-refractivity contribution in [3.63, 3.8) is 0 Å². The summed E-state index contributed by atoms with van der Waals surface area (Å²) >= 11 is 0. The Kier molecular flexibility index (Phi) is 6.92. The molecule has 0 saturated heterocycles. The van der Waals surface area contributed by atoms with Crippen LogP contribution in [0, 0.1) is 53.3 Å². The van der Waals surface area contributed by atoms with Gasteiger partial charge >= 0.3 is 0 Å². The summed E-state index contributed by atoms with van der Waals surface area (Å²) in [5, 5.41) is 0. The summed E-state index contributed by atoms with van der Waals surface area (Å²) in [6.07, 6.45) is 23.4.